The van der Waals surface area contributed by atoms with Gasteiger partial charge in [-0.15, -0.1) is 21.5 Å². The summed E-state index contributed by atoms with van der Waals surface area (Å²) >= 11 is 1.36. The summed E-state index contributed by atoms with van der Waals surface area (Å²) < 4.78 is 12.4. The van der Waals surface area contributed by atoms with E-state index in [0.29, 0.717) is 23.6 Å². The van der Waals surface area contributed by atoms with Crippen molar-refractivity contribution in [2.75, 3.05) is 13.2 Å². The molecule has 0 aliphatic carbocycles. The lowest BCUT2D eigenvalue weighted by atomic mass is 10.1. The molecular weight excluding hydrogens is 388 g/mol. The Morgan fingerprint density at radius 1 is 1.21 bits per heavy atom. The van der Waals surface area contributed by atoms with Gasteiger partial charge in [-0.2, -0.15) is 9.61 Å². The first-order valence-electron chi connectivity index (χ1n) is 9.44. The predicted molar refractivity (Wildman–Crippen MR) is 108 cm³/mol. The molecule has 0 amide bonds. The Hall–Kier alpha value is -3.26. The smallest absolute Gasteiger partial charge is 0.348 e. The van der Waals surface area contributed by atoms with Gasteiger partial charge in [0.15, 0.2) is 11.5 Å². The number of carbonyl (C=O) groups excluding carboxylic acids is 1. The van der Waals surface area contributed by atoms with Gasteiger partial charge in [0, 0.05) is 12.8 Å². The normalized spacial score (nSPS) is 12.7. The number of nitrogens with zero attached hydrogens (tertiary/aromatic N) is 4. The predicted octanol–water partition coefficient (Wildman–Crippen LogP) is 3.56. The molecule has 4 heterocycles. The van der Waals surface area contributed by atoms with Crippen molar-refractivity contribution in [1.82, 2.24) is 19.8 Å². The Kier molecular flexibility index (Phi) is 4.48. The number of esters is 1. The summed E-state index contributed by atoms with van der Waals surface area (Å²) in [6.45, 7) is 2.89. The second kappa shape index (κ2) is 7.29. The lowest BCUT2D eigenvalue weighted by Gasteiger charge is -2.04. The molecule has 0 spiro atoms. The van der Waals surface area contributed by atoms with Crippen molar-refractivity contribution in [3.8, 4) is 16.3 Å². The third kappa shape index (κ3) is 3.36. The lowest BCUT2D eigenvalue weighted by molar-refractivity contribution is 0.0532. The van der Waals surface area contributed by atoms with E-state index in [4.69, 9.17) is 14.6 Å². The molecule has 3 aromatic heterocycles. The Balaban J connectivity index is 1.45. The van der Waals surface area contributed by atoms with E-state index in [2.05, 4.69) is 22.3 Å². The summed E-state index contributed by atoms with van der Waals surface area (Å²) in [5, 5.41) is 13.3. The molecule has 146 valence electrons. The molecule has 0 atom stereocenters. The highest BCUT2D eigenvalue weighted by molar-refractivity contribution is 7.17. The van der Waals surface area contributed by atoms with E-state index in [1.54, 1.807) is 17.5 Å². The van der Waals surface area contributed by atoms with Crippen LogP contribution in [0.15, 0.2) is 42.5 Å². The number of hydrogen-bond acceptors (Lipinski definition) is 7. The maximum absolute atomic E-state index is 11.9. The molecule has 8 heteroatoms. The van der Waals surface area contributed by atoms with E-state index >= 15 is 0 Å². The Morgan fingerprint density at radius 3 is 3.03 bits per heavy atom. The summed E-state index contributed by atoms with van der Waals surface area (Å²) in [7, 11) is 0. The molecule has 0 N–H and O–H groups in total. The Labute approximate surface area is 170 Å². The zero-order valence-corrected chi connectivity index (χ0v) is 16.6. The van der Waals surface area contributed by atoms with Gasteiger partial charge in [-0.3, -0.25) is 0 Å². The molecule has 1 aliphatic heterocycles. The molecule has 0 fully saturated rings. The molecule has 5 rings (SSSR count). The Bertz CT molecular complexity index is 1210. The average Bonchev–Trinajstić information content (AvgIpc) is 3.47. The minimum Gasteiger partial charge on any atom is -0.493 e. The molecule has 1 aliphatic rings. The Morgan fingerprint density at radius 2 is 2.14 bits per heavy atom. The van der Waals surface area contributed by atoms with Crippen LogP contribution in [0.1, 0.15) is 33.5 Å². The van der Waals surface area contributed by atoms with E-state index in [-0.39, 0.29) is 5.97 Å². The van der Waals surface area contributed by atoms with E-state index < -0.39 is 0 Å². The third-order valence-electron chi connectivity index (χ3n) is 4.78. The van der Waals surface area contributed by atoms with Gasteiger partial charge in [0.05, 0.1) is 18.1 Å². The van der Waals surface area contributed by atoms with Gasteiger partial charge in [0.25, 0.3) is 0 Å². The van der Waals surface area contributed by atoms with Crippen molar-refractivity contribution in [2.45, 2.75) is 19.8 Å². The van der Waals surface area contributed by atoms with Crippen LogP contribution in [0.2, 0.25) is 0 Å². The molecule has 0 saturated carbocycles. The quantitative estimate of drug-likeness (QED) is 0.472. The number of ether oxygens (including phenoxy) is 2. The van der Waals surface area contributed by atoms with Crippen LogP contribution in [0, 0.1) is 0 Å². The van der Waals surface area contributed by atoms with Gasteiger partial charge in [0.1, 0.15) is 16.3 Å². The van der Waals surface area contributed by atoms with Crippen molar-refractivity contribution < 1.29 is 14.3 Å². The first kappa shape index (κ1) is 17.8. The van der Waals surface area contributed by atoms with Gasteiger partial charge in [-0.1, -0.05) is 12.1 Å². The highest BCUT2D eigenvalue weighted by atomic mass is 32.1. The summed E-state index contributed by atoms with van der Waals surface area (Å²) in [4.78, 5) is 13.4. The standard InChI is InChI=1S/C21H18N4O3S/c1-2-27-21(26)18-7-6-17(29-18)15-4-8-19-22-23-20(25(19)24-15)12-13-3-5-16-14(11-13)9-10-28-16/h3-8,11H,2,9-10,12H2,1H3. The second-order valence-corrected chi connectivity index (χ2v) is 7.79. The zero-order valence-electron chi connectivity index (χ0n) is 15.8. The number of benzene rings is 1. The number of aromatic nitrogens is 4. The average molecular weight is 406 g/mol. The molecule has 0 radical (unpaired) electrons. The third-order valence-corrected chi connectivity index (χ3v) is 5.87. The summed E-state index contributed by atoms with van der Waals surface area (Å²) in [6, 6.07) is 13.7. The highest BCUT2D eigenvalue weighted by Gasteiger charge is 2.16. The number of rotatable bonds is 5. The molecule has 0 saturated heterocycles. The van der Waals surface area contributed by atoms with Crippen LogP contribution in [0.3, 0.4) is 0 Å². The van der Waals surface area contributed by atoms with Crippen molar-refractivity contribution >= 4 is 23.0 Å². The molecular formula is C21H18N4O3S. The molecule has 4 aromatic rings. The fraction of sp³-hybridized carbons (Fsp3) is 0.238. The fourth-order valence-electron chi connectivity index (χ4n) is 3.39. The number of carbonyl (C=O) groups is 1. The van der Waals surface area contributed by atoms with E-state index in [1.165, 1.54) is 16.9 Å². The second-order valence-electron chi connectivity index (χ2n) is 6.71. The van der Waals surface area contributed by atoms with Gasteiger partial charge in [0.2, 0.25) is 0 Å². The van der Waals surface area contributed by atoms with Crippen LogP contribution in [-0.2, 0) is 17.6 Å². The molecule has 29 heavy (non-hydrogen) atoms. The van der Waals surface area contributed by atoms with Crippen LogP contribution in [0.25, 0.3) is 16.2 Å². The van der Waals surface area contributed by atoms with Gasteiger partial charge in [-0.25, -0.2) is 4.79 Å². The lowest BCUT2D eigenvalue weighted by Crippen LogP contribution is -2.02. The first-order chi connectivity index (χ1) is 14.2. The molecule has 7 nitrogen and oxygen atoms in total. The van der Waals surface area contributed by atoms with Crippen molar-refractivity contribution in [3.05, 3.63) is 64.3 Å². The maximum atomic E-state index is 11.9. The van der Waals surface area contributed by atoms with Crippen LogP contribution >= 0.6 is 11.3 Å². The van der Waals surface area contributed by atoms with Crippen LogP contribution in [0.5, 0.6) is 5.75 Å². The first-order valence-corrected chi connectivity index (χ1v) is 10.3. The van der Waals surface area contributed by atoms with E-state index in [1.807, 2.05) is 24.3 Å². The zero-order chi connectivity index (χ0) is 19.8. The highest BCUT2D eigenvalue weighted by Crippen LogP contribution is 2.28. The fourth-order valence-corrected chi connectivity index (χ4v) is 4.26. The molecule has 0 unspecified atom stereocenters. The number of hydrogen-bond donors (Lipinski definition) is 0. The largest absolute Gasteiger partial charge is 0.493 e. The SMILES string of the molecule is CCOC(=O)c1ccc(-c2ccc3nnc(Cc4ccc5c(c4)CCO5)n3n2)s1. The van der Waals surface area contributed by atoms with Gasteiger partial charge >= 0.3 is 5.97 Å². The minimum atomic E-state index is -0.310. The van der Waals surface area contributed by atoms with Crippen molar-refractivity contribution in [2.24, 2.45) is 0 Å². The van der Waals surface area contributed by atoms with Crippen molar-refractivity contribution in [1.29, 1.82) is 0 Å². The topological polar surface area (TPSA) is 78.6 Å². The van der Waals surface area contributed by atoms with Crippen LogP contribution < -0.4 is 4.74 Å². The monoisotopic (exact) mass is 406 g/mol. The number of fused-ring (bicyclic) bond motifs is 2. The maximum Gasteiger partial charge on any atom is 0.348 e. The number of thiophene rings is 1. The van der Waals surface area contributed by atoms with Gasteiger partial charge < -0.3 is 9.47 Å². The molecule has 0 bridgehead atoms. The van der Waals surface area contributed by atoms with Gasteiger partial charge in [-0.05, 0) is 48.4 Å². The summed E-state index contributed by atoms with van der Waals surface area (Å²) in [5.74, 6) is 1.42. The summed E-state index contributed by atoms with van der Waals surface area (Å²) in [6.07, 6.45) is 1.57. The van der Waals surface area contributed by atoms with Crippen LogP contribution in [0.4, 0.5) is 0 Å². The van der Waals surface area contributed by atoms with E-state index in [9.17, 15) is 4.79 Å². The molecule has 1 aromatic carbocycles. The summed E-state index contributed by atoms with van der Waals surface area (Å²) in [5.41, 5.74) is 3.84. The van der Waals surface area contributed by atoms with E-state index in [0.717, 1.165) is 40.7 Å². The minimum absolute atomic E-state index is 0.310. The van der Waals surface area contributed by atoms with Crippen molar-refractivity contribution in [3.63, 3.8) is 0 Å². The van der Waals surface area contributed by atoms with Crippen LogP contribution in [-0.4, -0.2) is 39.0 Å².